The molecule has 1 fully saturated rings. The minimum Gasteiger partial charge on any atom is -0.389 e. The zero-order valence-electron chi connectivity index (χ0n) is 9.45. The van der Waals surface area contributed by atoms with Crippen LogP contribution in [0.4, 0.5) is 0 Å². The van der Waals surface area contributed by atoms with E-state index in [4.69, 9.17) is 0 Å². The summed E-state index contributed by atoms with van der Waals surface area (Å²) in [6.07, 6.45) is 10.7. The van der Waals surface area contributed by atoms with Crippen LogP contribution in [0.1, 0.15) is 44.9 Å². The van der Waals surface area contributed by atoms with Gasteiger partial charge in [0.1, 0.15) is 0 Å². The standard InChI is InChI=1S/C13H22OS/c14-13(12-4-2-1-3-5-12)10-11-6-8-15-9-7-11/h4,11,13-14H,1-3,5-10H2. The second-order valence-electron chi connectivity index (χ2n) is 4.83. The van der Waals surface area contributed by atoms with Gasteiger partial charge in [-0.2, -0.15) is 11.8 Å². The molecule has 1 aliphatic heterocycles. The average molecular weight is 226 g/mol. The van der Waals surface area contributed by atoms with E-state index in [0.717, 1.165) is 18.8 Å². The maximum Gasteiger partial charge on any atom is 0.0752 e. The van der Waals surface area contributed by atoms with Crippen LogP contribution in [0.5, 0.6) is 0 Å². The minimum atomic E-state index is -0.126. The van der Waals surface area contributed by atoms with Crippen molar-refractivity contribution < 1.29 is 5.11 Å². The maximum atomic E-state index is 10.2. The molecule has 1 saturated heterocycles. The summed E-state index contributed by atoms with van der Waals surface area (Å²) in [5, 5.41) is 10.2. The highest BCUT2D eigenvalue weighted by Gasteiger charge is 2.20. The van der Waals surface area contributed by atoms with E-state index in [2.05, 4.69) is 17.8 Å². The van der Waals surface area contributed by atoms with Gasteiger partial charge < -0.3 is 5.11 Å². The minimum absolute atomic E-state index is 0.126. The third-order valence-electron chi connectivity index (χ3n) is 3.65. The third kappa shape index (κ3) is 3.53. The van der Waals surface area contributed by atoms with Gasteiger partial charge in [-0.1, -0.05) is 6.08 Å². The first kappa shape index (κ1) is 11.5. The van der Waals surface area contributed by atoms with Crippen LogP contribution in [-0.2, 0) is 0 Å². The molecule has 0 aromatic heterocycles. The van der Waals surface area contributed by atoms with Gasteiger partial charge in [-0.3, -0.25) is 0 Å². The maximum absolute atomic E-state index is 10.2. The fraction of sp³-hybridized carbons (Fsp3) is 0.846. The summed E-state index contributed by atoms with van der Waals surface area (Å²) >= 11 is 2.07. The highest BCUT2D eigenvalue weighted by molar-refractivity contribution is 7.99. The first-order valence-electron chi connectivity index (χ1n) is 6.31. The van der Waals surface area contributed by atoms with Crippen LogP contribution in [0.3, 0.4) is 0 Å². The van der Waals surface area contributed by atoms with Crippen LogP contribution in [-0.4, -0.2) is 22.7 Å². The SMILES string of the molecule is OC(CC1CCSCC1)C1=CCCCC1. The zero-order valence-corrected chi connectivity index (χ0v) is 10.3. The van der Waals surface area contributed by atoms with Crippen LogP contribution in [0.25, 0.3) is 0 Å². The third-order valence-corrected chi connectivity index (χ3v) is 4.70. The highest BCUT2D eigenvalue weighted by Crippen LogP contribution is 2.30. The Morgan fingerprint density at radius 1 is 1.33 bits per heavy atom. The Bertz CT molecular complexity index is 219. The molecule has 86 valence electrons. The Labute approximate surface area is 97.3 Å². The quantitative estimate of drug-likeness (QED) is 0.744. The van der Waals surface area contributed by atoms with Gasteiger partial charge in [0.05, 0.1) is 6.10 Å². The van der Waals surface area contributed by atoms with Crippen molar-refractivity contribution in [2.45, 2.75) is 51.0 Å². The van der Waals surface area contributed by atoms with E-state index < -0.39 is 0 Å². The van der Waals surface area contributed by atoms with Gasteiger partial charge in [0.25, 0.3) is 0 Å². The second-order valence-corrected chi connectivity index (χ2v) is 6.06. The van der Waals surface area contributed by atoms with Gasteiger partial charge in [-0.25, -0.2) is 0 Å². The van der Waals surface area contributed by atoms with E-state index in [9.17, 15) is 5.11 Å². The van der Waals surface area contributed by atoms with Crippen molar-refractivity contribution in [2.24, 2.45) is 5.92 Å². The van der Waals surface area contributed by atoms with E-state index in [1.165, 1.54) is 49.2 Å². The van der Waals surface area contributed by atoms with Crippen molar-refractivity contribution in [2.75, 3.05) is 11.5 Å². The molecule has 0 aromatic carbocycles. The molecule has 0 saturated carbocycles. The zero-order chi connectivity index (χ0) is 10.5. The smallest absolute Gasteiger partial charge is 0.0752 e. The van der Waals surface area contributed by atoms with E-state index >= 15 is 0 Å². The van der Waals surface area contributed by atoms with Crippen LogP contribution < -0.4 is 0 Å². The van der Waals surface area contributed by atoms with E-state index in [1.807, 2.05) is 0 Å². The summed E-state index contributed by atoms with van der Waals surface area (Å²) < 4.78 is 0. The molecule has 1 nitrogen and oxygen atoms in total. The van der Waals surface area contributed by atoms with Gasteiger partial charge in [-0.15, -0.1) is 0 Å². The molecule has 1 atom stereocenters. The Hall–Kier alpha value is 0.0500. The van der Waals surface area contributed by atoms with Gasteiger partial charge >= 0.3 is 0 Å². The van der Waals surface area contributed by atoms with Crippen molar-refractivity contribution >= 4 is 11.8 Å². The Morgan fingerprint density at radius 3 is 2.80 bits per heavy atom. The molecule has 0 bridgehead atoms. The molecule has 0 amide bonds. The van der Waals surface area contributed by atoms with Crippen molar-refractivity contribution in [1.29, 1.82) is 0 Å². The average Bonchev–Trinajstić information content (AvgIpc) is 2.31. The predicted octanol–water partition coefficient (Wildman–Crippen LogP) is 3.38. The second kappa shape index (κ2) is 5.95. The first-order chi connectivity index (χ1) is 7.36. The van der Waals surface area contributed by atoms with Crippen LogP contribution >= 0.6 is 11.8 Å². The lowest BCUT2D eigenvalue weighted by molar-refractivity contribution is 0.166. The van der Waals surface area contributed by atoms with E-state index in [-0.39, 0.29) is 6.10 Å². The fourth-order valence-corrected chi connectivity index (χ4v) is 3.82. The molecule has 1 N–H and O–H groups in total. The predicted molar refractivity (Wildman–Crippen MR) is 67.2 cm³/mol. The van der Waals surface area contributed by atoms with Gasteiger partial charge in [0.15, 0.2) is 0 Å². The highest BCUT2D eigenvalue weighted by atomic mass is 32.2. The Morgan fingerprint density at radius 2 is 2.13 bits per heavy atom. The van der Waals surface area contributed by atoms with Crippen LogP contribution in [0, 0.1) is 5.92 Å². The van der Waals surface area contributed by atoms with Crippen LogP contribution in [0.15, 0.2) is 11.6 Å². The van der Waals surface area contributed by atoms with Crippen molar-refractivity contribution in [3.8, 4) is 0 Å². The lowest BCUT2D eigenvalue weighted by atomic mass is 9.88. The lowest BCUT2D eigenvalue weighted by Crippen LogP contribution is -2.20. The number of allylic oxidation sites excluding steroid dienone is 1. The number of aliphatic hydroxyl groups is 1. The monoisotopic (exact) mass is 226 g/mol. The molecular formula is C13H22OS. The molecule has 1 unspecified atom stereocenters. The Kier molecular flexibility index (Phi) is 4.58. The number of thioether (sulfide) groups is 1. The topological polar surface area (TPSA) is 20.2 Å². The summed E-state index contributed by atoms with van der Waals surface area (Å²) in [4.78, 5) is 0. The summed E-state index contributed by atoms with van der Waals surface area (Å²) in [5.41, 5.74) is 1.33. The number of hydrogen-bond acceptors (Lipinski definition) is 2. The Balaban J connectivity index is 1.79. The molecule has 1 heterocycles. The van der Waals surface area contributed by atoms with Crippen LogP contribution in [0.2, 0.25) is 0 Å². The fourth-order valence-electron chi connectivity index (χ4n) is 2.61. The van der Waals surface area contributed by atoms with E-state index in [0.29, 0.717) is 0 Å². The lowest BCUT2D eigenvalue weighted by Gasteiger charge is -2.26. The van der Waals surface area contributed by atoms with Crippen molar-refractivity contribution in [3.63, 3.8) is 0 Å². The van der Waals surface area contributed by atoms with Crippen molar-refractivity contribution in [3.05, 3.63) is 11.6 Å². The van der Waals surface area contributed by atoms with Gasteiger partial charge in [0, 0.05) is 0 Å². The summed E-state index contributed by atoms with van der Waals surface area (Å²) in [6.45, 7) is 0. The molecule has 1 aliphatic carbocycles. The molecule has 2 aliphatic rings. The number of hydrogen-bond donors (Lipinski definition) is 1. The first-order valence-corrected chi connectivity index (χ1v) is 7.46. The number of rotatable bonds is 3. The molecule has 0 spiro atoms. The largest absolute Gasteiger partial charge is 0.389 e. The molecule has 2 heteroatoms. The molecular weight excluding hydrogens is 204 g/mol. The molecule has 0 aromatic rings. The summed E-state index contributed by atoms with van der Waals surface area (Å²) in [5.74, 6) is 3.39. The summed E-state index contributed by atoms with van der Waals surface area (Å²) in [7, 11) is 0. The van der Waals surface area contributed by atoms with Gasteiger partial charge in [0.2, 0.25) is 0 Å². The number of aliphatic hydroxyl groups excluding tert-OH is 1. The van der Waals surface area contributed by atoms with Crippen molar-refractivity contribution in [1.82, 2.24) is 0 Å². The molecule has 0 radical (unpaired) electrons. The van der Waals surface area contributed by atoms with E-state index in [1.54, 1.807) is 0 Å². The summed E-state index contributed by atoms with van der Waals surface area (Å²) in [6, 6.07) is 0. The molecule has 2 rings (SSSR count). The normalized spacial score (nSPS) is 26.1. The van der Waals surface area contributed by atoms with Gasteiger partial charge in [-0.05, 0) is 67.9 Å². The molecule has 15 heavy (non-hydrogen) atoms.